The van der Waals surface area contributed by atoms with Gasteiger partial charge < -0.3 is 14.8 Å². The molecule has 0 aromatic heterocycles. The quantitative estimate of drug-likeness (QED) is 0.895. The van der Waals surface area contributed by atoms with Crippen molar-refractivity contribution in [1.29, 1.82) is 0 Å². The van der Waals surface area contributed by atoms with Crippen LogP contribution >= 0.6 is 11.6 Å². The summed E-state index contributed by atoms with van der Waals surface area (Å²) in [5.74, 6) is 1.75. The molecular formula is C13H16ClNO2. The van der Waals surface area contributed by atoms with Crippen LogP contribution in [0.1, 0.15) is 18.0 Å². The summed E-state index contributed by atoms with van der Waals surface area (Å²) in [7, 11) is 3.55. The summed E-state index contributed by atoms with van der Waals surface area (Å²) in [6.45, 7) is 0.746. The van der Waals surface area contributed by atoms with E-state index in [1.807, 2.05) is 25.2 Å². The molecule has 0 saturated heterocycles. The van der Waals surface area contributed by atoms with E-state index in [1.54, 1.807) is 7.11 Å². The summed E-state index contributed by atoms with van der Waals surface area (Å²) in [6.07, 6.45) is 3.05. The Hall–Kier alpha value is -1.19. The van der Waals surface area contributed by atoms with E-state index in [2.05, 4.69) is 11.4 Å². The third-order valence-electron chi connectivity index (χ3n) is 2.81. The Kier molecular flexibility index (Phi) is 3.92. The molecule has 17 heavy (non-hydrogen) atoms. The molecule has 1 unspecified atom stereocenters. The summed E-state index contributed by atoms with van der Waals surface area (Å²) in [6, 6.07) is 5.59. The first-order chi connectivity index (χ1) is 8.26. The van der Waals surface area contributed by atoms with Crippen LogP contribution in [0.4, 0.5) is 0 Å². The highest BCUT2D eigenvalue weighted by molar-refractivity contribution is 6.30. The van der Waals surface area contributed by atoms with Gasteiger partial charge >= 0.3 is 0 Å². The number of benzene rings is 1. The van der Waals surface area contributed by atoms with Gasteiger partial charge in [0.2, 0.25) is 0 Å². The van der Waals surface area contributed by atoms with Crippen LogP contribution in [0.2, 0.25) is 5.02 Å². The van der Waals surface area contributed by atoms with Gasteiger partial charge in [-0.2, -0.15) is 0 Å². The van der Waals surface area contributed by atoms with Gasteiger partial charge in [0.25, 0.3) is 0 Å². The van der Waals surface area contributed by atoms with Crippen molar-refractivity contribution in [1.82, 2.24) is 5.32 Å². The minimum absolute atomic E-state index is 0.00819. The Morgan fingerprint density at radius 2 is 2.29 bits per heavy atom. The molecule has 0 bridgehead atoms. The van der Waals surface area contributed by atoms with E-state index in [4.69, 9.17) is 21.1 Å². The summed E-state index contributed by atoms with van der Waals surface area (Å²) < 4.78 is 11.0. The summed E-state index contributed by atoms with van der Waals surface area (Å²) >= 11 is 6.04. The van der Waals surface area contributed by atoms with Crippen LogP contribution in [-0.2, 0) is 4.74 Å². The van der Waals surface area contributed by atoms with Crippen molar-refractivity contribution in [2.24, 2.45) is 0 Å². The highest BCUT2D eigenvalue weighted by atomic mass is 35.5. The Balaban J connectivity index is 2.38. The van der Waals surface area contributed by atoms with Crippen LogP contribution < -0.4 is 10.1 Å². The highest BCUT2D eigenvalue weighted by Crippen LogP contribution is 2.34. The first-order valence-electron chi connectivity index (χ1n) is 5.60. The first kappa shape index (κ1) is 12.3. The van der Waals surface area contributed by atoms with E-state index < -0.39 is 0 Å². The number of methoxy groups -OCH3 is 1. The summed E-state index contributed by atoms with van der Waals surface area (Å²) in [4.78, 5) is 0. The predicted molar refractivity (Wildman–Crippen MR) is 68.5 cm³/mol. The Morgan fingerprint density at radius 1 is 1.47 bits per heavy atom. The Morgan fingerprint density at radius 3 is 2.88 bits per heavy atom. The van der Waals surface area contributed by atoms with Crippen molar-refractivity contribution >= 4 is 11.6 Å². The lowest BCUT2D eigenvalue weighted by atomic mass is 10.0. The molecule has 92 valence electrons. The van der Waals surface area contributed by atoms with Gasteiger partial charge in [0, 0.05) is 17.0 Å². The van der Waals surface area contributed by atoms with Gasteiger partial charge in [0.1, 0.15) is 11.5 Å². The van der Waals surface area contributed by atoms with E-state index in [9.17, 15) is 0 Å². The second-order valence-electron chi connectivity index (χ2n) is 3.85. The van der Waals surface area contributed by atoms with Crippen LogP contribution in [-0.4, -0.2) is 20.8 Å². The van der Waals surface area contributed by atoms with E-state index in [-0.39, 0.29) is 6.04 Å². The van der Waals surface area contributed by atoms with Gasteiger partial charge in [-0.05, 0) is 31.3 Å². The number of ether oxygens (including phenoxy) is 2. The first-order valence-corrected chi connectivity index (χ1v) is 5.97. The van der Waals surface area contributed by atoms with E-state index >= 15 is 0 Å². The fourth-order valence-electron chi connectivity index (χ4n) is 2.02. The maximum atomic E-state index is 6.04. The lowest BCUT2D eigenvalue weighted by Gasteiger charge is -2.20. The molecule has 1 aromatic rings. The Bertz CT molecular complexity index is 431. The van der Waals surface area contributed by atoms with Crippen LogP contribution in [0, 0.1) is 0 Å². The molecule has 0 amide bonds. The van der Waals surface area contributed by atoms with Crippen molar-refractivity contribution in [3.63, 3.8) is 0 Å². The van der Waals surface area contributed by atoms with Gasteiger partial charge in [0.15, 0.2) is 0 Å². The normalized spacial score (nSPS) is 16.3. The van der Waals surface area contributed by atoms with Crippen molar-refractivity contribution < 1.29 is 9.47 Å². The molecule has 3 nitrogen and oxygen atoms in total. The number of halogens is 1. The molecule has 1 aromatic carbocycles. The fraction of sp³-hybridized carbons (Fsp3) is 0.385. The van der Waals surface area contributed by atoms with Crippen LogP contribution in [0.3, 0.4) is 0 Å². The molecular weight excluding hydrogens is 238 g/mol. The molecule has 1 atom stereocenters. The number of likely N-dealkylation sites (N-methyl/N-ethyl adjacent to an activating group) is 1. The summed E-state index contributed by atoms with van der Waals surface area (Å²) in [5, 5.41) is 3.92. The summed E-state index contributed by atoms with van der Waals surface area (Å²) in [5.41, 5.74) is 0.996. The minimum Gasteiger partial charge on any atom is -0.496 e. The third kappa shape index (κ3) is 2.56. The average molecular weight is 254 g/mol. The van der Waals surface area contributed by atoms with Crippen LogP contribution in [0.15, 0.2) is 30.0 Å². The van der Waals surface area contributed by atoms with Crippen molar-refractivity contribution in [2.75, 3.05) is 20.8 Å². The average Bonchev–Trinajstić information content (AvgIpc) is 2.84. The minimum atomic E-state index is -0.00819. The SMILES string of the molecule is CNC(C1=CCCO1)c1cc(Cl)ccc1OC. The number of hydrogen-bond acceptors (Lipinski definition) is 3. The van der Waals surface area contributed by atoms with Gasteiger partial charge in [-0.15, -0.1) is 0 Å². The Labute approximate surface area is 106 Å². The zero-order valence-electron chi connectivity index (χ0n) is 10.00. The second kappa shape index (κ2) is 5.43. The maximum Gasteiger partial charge on any atom is 0.124 e. The lowest BCUT2D eigenvalue weighted by Crippen LogP contribution is -2.19. The second-order valence-corrected chi connectivity index (χ2v) is 4.29. The largest absolute Gasteiger partial charge is 0.496 e. The molecule has 1 heterocycles. The molecule has 1 aliphatic heterocycles. The molecule has 0 radical (unpaired) electrons. The van der Waals surface area contributed by atoms with Gasteiger partial charge in [-0.1, -0.05) is 11.6 Å². The molecule has 2 rings (SSSR count). The van der Waals surface area contributed by atoms with Crippen LogP contribution in [0.25, 0.3) is 0 Å². The highest BCUT2D eigenvalue weighted by Gasteiger charge is 2.22. The molecule has 0 saturated carbocycles. The monoisotopic (exact) mass is 253 g/mol. The zero-order chi connectivity index (χ0) is 12.3. The standard InChI is InChI=1S/C13H16ClNO2/c1-15-13(12-4-3-7-17-12)10-8-9(14)5-6-11(10)16-2/h4-6,8,13,15H,3,7H2,1-2H3. The van der Waals surface area contributed by atoms with E-state index in [0.29, 0.717) is 5.02 Å². The maximum absolute atomic E-state index is 6.04. The van der Waals surface area contributed by atoms with Crippen molar-refractivity contribution in [3.8, 4) is 5.75 Å². The predicted octanol–water partition coefficient (Wildman–Crippen LogP) is 2.91. The van der Waals surface area contributed by atoms with Gasteiger partial charge in [0.05, 0.1) is 19.8 Å². The van der Waals surface area contributed by atoms with Gasteiger partial charge in [-0.25, -0.2) is 0 Å². The van der Waals surface area contributed by atoms with Gasteiger partial charge in [-0.3, -0.25) is 0 Å². The van der Waals surface area contributed by atoms with E-state index in [1.165, 1.54) is 0 Å². The van der Waals surface area contributed by atoms with Crippen molar-refractivity contribution in [3.05, 3.63) is 40.6 Å². The number of nitrogens with one attached hydrogen (secondary N) is 1. The molecule has 1 aliphatic rings. The fourth-order valence-corrected chi connectivity index (χ4v) is 2.20. The topological polar surface area (TPSA) is 30.5 Å². The molecule has 0 spiro atoms. The smallest absolute Gasteiger partial charge is 0.124 e. The molecule has 1 N–H and O–H groups in total. The molecule has 0 fully saturated rings. The number of hydrogen-bond donors (Lipinski definition) is 1. The van der Waals surface area contributed by atoms with Crippen LogP contribution in [0.5, 0.6) is 5.75 Å². The zero-order valence-corrected chi connectivity index (χ0v) is 10.8. The third-order valence-corrected chi connectivity index (χ3v) is 3.04. The number of rotatable bonds is 4. The lowest BCUT2D eigenvalue weighted by molar-refractivity contribution is 0.216. The van der Waals surface area contributed by atoms with Crippen molar-refractivity contribution in [2.45, 2.75) is 12.5 Å². The molecule has 0 aliphatic carbocycles. The molecule has 4 heteroatoms. The van der Waals surface area contributed by atoms with E-state index in [0.717, 1.165) is 30.1 Å².